The second-order valence-electron chi connectivity index (χ2n) is 9.88. The van der Waals surface area contributed by atoms with Gasteiger partial charge in [-0.3, -0.25) is 9.97 Å². The van der Waals surface area contributed by atoms with Crippen LogP contribution in [-0.4, -0.2) is 39.5 Å². The fourth-order valence-electron chi connectivity index (χ4n) is 3.75. The van der Waals surface area contributed by atoms with Gasteiger partial charge in [-0.05, 0) is 55.6 Å². The van der Waals surface area contributed by atoms with Gasteiger partial charge < -0.3 is 25.0 Å². The first-order chi connectivity index (χ1) is 22.5. The minimum atomic E-state index is -3.96. The molecule has 2 aromatic carbocycles. The SMILES string of the molecule is Cc1ccc(S(=O)(=O)Oc2cncc3cc(O[B]O)sc23)cc1.Cc1ccc(S(=O)(=O)Oc2cncc3ccsc23)cc1.[CH2-]CCC.[Li+]. The molecular weight excluding hydrogens is 686 g/mol. The Bertz CT molecular complexity index is 2140. The Morgan fingerprint density at radius 1 is 0.771 bits per heavy atom. The molecule has 0 saturated heterocycles. The molecule has 0 bridgehead atoms. The third-order valence-electron chi connectivity index (χ3n) is 6.23. The topological polar surface area (TPSA) is 142 Å². The number of unbranched alkanes of at least 4 members (excludes halogenated alkanes) is 1. The zero-order valence-electron chi connectivity index (χ0n) is 26.7. The number of nitrogens with zero attached hydrogens (tertiary/aromatic N) is 2. The zero-order chi connectivity index (χ0) is 34.0. The maximum atomic E-state index is 12.4. The number of hydrogen-bond donors (Lipinski definition) is 1. The molecule has 0 aliphatic carbocycles. The van der Waals surface area contributed by atoms with Crippen molar-refractivity contribution < 1.29 is 53.7 Å². The predicted octanol–water partition coefficient (Wildman–Crippen LogP) is 4.27. The molecule has 0 unspecified atom stereocenters. The predicted molar refractivity (Wildman–Crippen MR) is 186 cm³/mol. The van der Waals surface area contributed by atoms with Crippen molar-refractivity contribution in [1.82, 2.24) is 9.97 Å². The van der Waals surface area contributed by atoms with Gasteiger partial charge in [-0.25, -0.2) is 0 Å². The largest absolute Gasteiger partial charge is 1.00 e. The molecule has 10 nitrogen and oxygen atoms in total. The second kappa shape index (κ2) is 17.8. The molecule has 4 heterocycles. The van der Waals surface area contributed by atoms with Crippen LogP contribution in [-0.2, 0) is 20.2 Å². The minimum Gasteiger partial charge on any atom is -0.530 e. The van der Waals surface area contributed by atoms with Crippen LogP contribution in [0.2, 0.25) is 0 Å². The van der Waals surface area contributed by atoms with Gasteiger partial charge in [0.2, 0.25) is 0 Å². The number of pyridine rings is 2. The number of fused-ring (bicyclic) bond motifs is 2. The van der Waals surface area contributed by atoms with Crippen LogP contribution in [0.25, 0.3) is 20.2 Å². The molecule has 4 aromatic heterocycles. The second-order valence-corrected chi connectivity index (χ2v) is 14.9. The molecular formula is C32H31BLiN2O8S4. The Balaban J connectivity index is 0.000000232. The van der Waals surface area contributed by atoms with Crippen molar-refractivity contribution in [3.63, 3.8) is 0 Å². The average Bonchev–Trinajstić information content (AvgIpc) is 3.70. The number of aryl methyl sites for hydroxylation is 2. The third-order valence-corrected chi connectivity index (χ3v) is 10.7. The normalized spacial score (nSPS) is 10.9. The molecule has 0 fully saturated rings. The van der Waals surface area contributed by atoms with E-state index in [-0.39, 0.29) is 40.2 Å². The van der Waals surface area contributed by atoms with Crippen LogP contribution in [0.1, 0.15) is 30.9 Å². The van der Waals surface area contributed by atoms with Crippen molar-refractivity contribution in [1.29, 1.82) is 0 Å². The molecule has 0 aliphatic rings. The van der Waals surface area contributed by atoms with E-state index in [9.17, 15) is 16.8 Å². The average molecular weight is 718 g/mol. The summed E-state index contributed by atoms with van der Waals surface area (Å²) in [7, 11) is -7.23. The molecule has 0 saturated carbocycles. The summed E-state index contributed by atoms with van der Waals surface area (Å²) in [6, 6.07) is 16.4. The first-order valence-electron chi connectivity index (χ1n) is 14.1. The summed E-state index contributed by atoms with van der Waals surface area (Å²) in [4.78, 5) is 8.16. The van der Waals surface area contributed by atoms with E-state index in [2.05, 4.69) is 23.8 Å². The van der Waals surface area contributed by atoms with Gasteiger partial charge in [0, 0.05) is 23.2 Å². The molecule has 1 radical (unpaired) electrons. The van der Waals surface area contributed by atoms with E-state index in [0.29, 0.717) is 22.8 Å². The number of rotatable bonds is 9. The monoisotopic (exact) mass is 717 g/mol. The van der Waals surface area contributed by atoms with Crippen molar-refractivity contribution in [3.8, 4) is 16.6 Å². The maximum Gasteiger partial charge on any atom is 1.00 e. The standard InChI is InChI=1S/C14H11BNO5S2.C14H11NO3S2.C4H9.Li/c1-9-2-4-11(5-3-9)23(18,19)21-12-8-16-7-10-6-13(20-15-17)22-14(10)12;1-10-2-4-12(5-3-10)20(16,17)18-13-9-15-8-11-6-7-19-14(11)13;1-3-4-2;/h2-8,17H,1H3;2-9H,1H3;1,3-4H2,2H3;/q;;-1;+1. The van der Waals surface area contributed by atoms with Gasteiger partial charge in [0.15, 0.2) is 16.6 Å². The first-order valence-corrected chi connectivity index (χ1v) is 18.6. The van der Waals surface area contributed by atoms with Crippen LogP contribution < -0.4 is 31.9 Å². The van der Waals surface area contributed by atoms with E-state index in [1.807, 2.05) is 25.3 Å². The summed E-state index contributed by atoms with van der Waals surface area (Å²) < 4.78 is 65.9. The van der Waals surface area contributed by atoms with Crippen LogP contribution in [0, 0.1) is 20.8 Å². The number of thiophene rings is 2. The molecule has 245 valence electrons. The first kappa shape index (κ1) is 39.0. The van der Waals surface area contributed by atoms with Gasteiger partial charge in [-0.15, -0.1) is 11.3 Å². The summed E-state index contributed by atoms with van der Waals surface area (Å²) in [5.41, 5.74) is 1.94. The summed E-state index contributed by atoms with van der Waals surface area (Å²) in [5.74, 6) is 0.374. The molecule has 6 rings (SSSR count). The Hall–Kier alpha value is -3.42. The quantitative estimate of drug-likeness (QED) is 0.131. The van der Waals surface area contributed by atoms with Gasteiger partial charge in [0.25, 0.3) is 0 Å². The van der Waals surface area contributed by atoms with Gasteiger partial charge in [0.05, 0.1) is 21.8 Å². The van der Waals surface area contributed by atoms with Crippen LogP contribution in [0.15, 0.2) is 101 Å². The van der Waals surface area contributed by atoms with Crippen molar-refractivity contribution in [2.24, 2.45) is 0 Å². The molecule has 0 spiro atoms. The molecule has 0 aliphatic heterocycles. The van der Waals surface area contributed by atoms with Crippen LogP contribution >= 0.6 is 22.7 Å². The third kappa shape index (κ3) is 10.3. The number of aromatic nitrogens is 2. The van der Waals surface area contributed by atoms with E-state index in [1.54, 1.807) is 42.7 Å². The Labute approximate surface area is 301 Å². The Kier molecular flexibility index (Phi) is 14.5. The Morgan fingerprint density at radius 3 is 1.73 bits per heavy atom. The van der Waals surface area contributed by atoms with Crippen molar-refractivity contribution in [3.05, 3.63) is 109 Å². The van der Waals surface area contributed by atoms with Crippen LogP contribution in [0.5, 0.6) is 16.6 Å². The molecule has 0 amide bonds. The maximum absolute atomic E-state index is 12.4. The number of hydrogen-bond acceptors (Lipinski definition) is 12. The van der Waals surface area contributed by atoms with Gasteiger partial charge in [-0.2, -0.15) is 23.3 Å². The van der Waals surface area contributed by atoms with Crippen LogP contribution in [0.3, 0.4) is 0 Å². The van der Waals surface area contributed by atoms with E-state index in [0.717, 1.165) is 39.0 Å². The summed E-state index contributed by atoms with van der Waals surface area (Å²) >= 11 is 2.57. The van der Waals surface area contributed by atoms with Crippen molar-refractivity contribution >= 4 is 70.8 Å². The fourth-order valence-corrected chi connectivity index (χ4v) is 7.43. The van der Waals surface area contributed by atoms with Gasteiger partial charge in [-0.1, -0.05) is 60.1 Å². The summed E-state index contributed by atoms with van der Waals surface area (Å²) in [5, 5.41) is 12.5. The van der Waals surface area contributed by atoms with Crippen molar-refractivity contribution in [2.45, 2.75) is 43.4 Å². The zero-order valence-corrected chi connectivity index (χ0v) is 30.0. The van der Waals surface area contributed by atoms with E-state index in [1.165, 1.54) is 54.4 Å². The van der Waals surface area contributed by atoms with Crippen LogP contribution in [0.4, 0.5) is 0 Å². The summed E-state index contributed by atoms with van der Waals surface area (Å²) in [6.07, 6.45) is 8.26. The number of benzene rings is 2. The molecule has 16 heteroatoms. The van der Waals surface area contributed by atoms with E-state index in [4.69, 9.17) is 18.0 Å². The van der Waals surface area contributed by atoms with E-state index < -0.39 is 20.2 Å². The molecule has 0 atom stereocenters. The van der Waals surface area contributed by atoms with Gasteiger partial charge in [0.1, 0.15) is 9.79 Å². The van der Waals surface area contributed by atoms with Gasteiger partial charge >= 0.3 is 46.8 Å². The van der Waals surface area contributed by atoms with Crippen molar-refractivity contribution in [2.75, 3.05) is 0 Å². The molecule has 1 N–H and O–H groups in total. The Morgan fingerprint density at radius 2 is 1.25 bits per heavy atom. The summed E-state index contributed by atoms with van der Waals surface area (Å²) in [6.45, 7) is 9.49. The molecule has 6 aromatic rings. The van der Waals surface area contributed by atoms with E-state index >= 15 is 0 Å². The molecule has 48 heavy (non-hydrogen) atoms. The fraction of sp³-hybridized carbons (Fsp3) is 0.156. The minimum absolute atomic E-state index is 0. The smallest absolute Gasteiger partial charge is 0.530 e.